The first kappa shape index (κ1) is 21.2. The van der Waals surface area contributed by atoms with Crippen molar-refractivity contribution in [2.45, 2.75) is 47.1 Å². The number of aromatic nitrogens is 3. The average Bonchev–Trinajstić information content (AvgIpc) is 2.92. The number of nitrogen functional groups attached to an aromatic ring is 1. The second-order valence-electron chi connectivity index (χ2n) is 6.69. The monoisotopic (exact) mass is 413 g/mol. The van der Waals surface area contributed by atoms with Crippen LogP contribution in [0.1, 0.15) is 49.0 Å². The number of hydrogen-bond donors (Lipinski definition) is 2. The van der Waals surface area contributed by atoms with Crippen molar-refractivity contribution < 1.29 is 4.79 Å². The first-order valence-corrected chi connectivity index (χ1v) is 9.94. The molecule has 0 spiro atoms. The van der Waals surface area contributed by atoms with Gasteiger partial charge in [0.2, 0.25) is 0 Å². The third-order valence-electron chi connectivity index (χ3n) is 3.98. The Morgan fingerprint density at radius 1 is 1.41 bits per heavy atom. The van der Waals surface area contributed by atoms with Crippen LogP contribution in [0.25, 0.3) is 0 Å². The van der Waals surface area contributed by atoms with Gasteiger partial charge in [-0.25, -0.2) is 9.78 Å². The van der Waals surface area contributed by atoms with Crippen LogP contribution in [0.4, 0.5) is 11.5 Å². The number of unbranched alkanes of at least 4 members (excludes halogenated alkanes) is 1. The van der Waals surface area contributed by atoms with E-state index in [1.165, 1.54) is 9.47 Å². The molecule has 148 valence electrons. The molecule has 1 amide bonds. The summed E-state index contributed by atoms with van der Waals surface area (Å²) in [5.41, 5.74) is 5.37. The van der Waals surface area contributed by atoms with Gasteiger partial charge in [-0.05, 0) is 19.3 Å². The third-order valence-corrected chi connectivity index (χ3v) is 5.23. The van der Waals surface area contributed by atoms with E-state index in [1.807, 2.05) is 20.8 Å². The van der Waals surface area contributed by atoms with Crippen LogP contribution in [0.3, 0.4) is 0 Å². The van der Waals surface area contributed by atoms with Crippen molar-refractivity contribution >= 4 is 40.4 Å². The summed E-state index contributed by atoms with van der Waals surface area (Å²) in [6.07, 6.45) is 1.48. The number of aryl methyl sites for hydroxylation is 1. The first-order chi connectivity index (χ1) is 12.7. The fourth-order valence-electron chi connectivity index (χ4n) is 2.70. The van der Waals surface area contributed by atoms with Crippen LogP contribution in [0.15, 0.2) is 9.59 Å². The lowest BCUT2D eigenvalue weighted by atomic mass is 10.2. The summed E-state index contributed by atoms with van der Waals surface area (Å²) in [6, 6.07) is 0. The number of rotatable bonds is 7. The predicted molar refractivity (Wildman–Crippen MR) is 109 cm³/mol. The predicted octanol–water partition coefficient (Wildman–Crippen LogP) is 2.64. The highest BCUT2D eigenvalue weighted by Crippen LogP contribution is 2.27. The Bertz CT molecular complexity index is 947. The summed E-state index contributed by atoms with van der Waals surface area (Å²) in [5, 5.41) is 0. The molecule has 0 aromatic carbocycles. The second kappa shape index (κ2) is 8.71. The van der Waals surface area contributed by atoms with Gasteiger partial charge in [0.1, 0.15) is 10.7 Å². The van der Waals surface area contributed by atoms with Crippen molar-refractivity contribution in [2.24, 2.45) is 5.92 Å². The van der Waals surface area contributed by atoms with E-state index >= 15 is 0 Å². The van der Waals surface area contributed by atoms with Crippen LogP contribution < -0.4 is 21.9 Å². The molecular formula is C17H24ClN5O3S. The van der Waals surface area contributed by atoms with Gasteiger partial charge in [-0.3, -0.25) is 24.0 Å². The zero-order chi connectivity index (χ0) is 20.3. The number of nitrogens with two attached hydrogens (primary N) is 1. The summed E-state index contributed by atoms with van der Waals surface area (Å²) in [5.74, 6) is -0.293. The fourth-order valence-corrected chi connectivity index (χ4v) is 3.80. The van der Waals surface area contributed by atoms with Gasteiger partial charge in [0, 0.05) is 13.1 Å². The number of H-pyrrole nitrogens is 1. The molecule has 0 radical (unpaired) electrons. The maximum atomic E-state index is 13.2. The van der Waals surface area contributed by atoms with Crippen LogP contribution in [0.2, 0.25) is 4.47 Å². The van der Waals surface area contributed by atoms with E-state index in [-0.39, 0.29) is 28.4 Å². The quantitative estimate of drug-likeness (QED) is 0.724. The van der Waals surface area contributed by atoms with Crippen molar-refractivity contribution in [3.05, 3.63) is 35.9 Å². The van der Waals surface area contributed by atoms with Crippen molar-refractivity contribution in [1.82, 2.24) is 14.5 Å². The van der Waals surface area contributed by atoms with Crippen molar-refractivity contribution in [3.8, 4) is 0 Å². The molecule has 0 saturated heterocycles. The van der Waals surface area contributed by atoms with Crippen LogP contribution in [-0.4, -0.2) is 27.0 Å². The Kier molecular flexibility index (Phi) is 6.83. The molecule has 0 unspecified atom stereocenters. The molecule has 8 nitrogen and oxygen atoms in total. The van der Waals surface area contributed by atoms with Gasteiger partial charge in [0.05, 0.1) is 5.69 Å². The Labute approximate surface area is 166 Å². The van der Waals surface area contributed by atoms with E-state index in [2.05, 4.69) is 9.97 Å². The number of anilines is 2. The van der Waals surface area contributed by atoms with Gasteiger partial charge < -0.3 is 5.73 Å². The maximum absolute atomic E-state index is 13.2. The molecule has 2 rings (SSSR count). The molecule has 0 saturated carbocycles. The Morgan fingerprint density at radius 2 is 2.07 bits per heavy atom. The molecule has 0 bridgehead atoms. The number of carbonyl (C=O) groups excluding carboxylic acids is 1. The number of thiazole rings is 1. The number of nitrogens with zero attached hydrogens (tertiary/aromatic N) is 3. The van der Waals surface area contributed by atoms with Gasteiger partial charge >= 0.3 is 5.69 Å². The molecule has 0 atom stereocenters. The summed E-state index contributed by atoms with van der Waals surface area (Å²) in [4.78, 5) is 45.9. The zero-order valence-corrected chi connectivity index (χ0v) is 17.4. The van der Waals surface area contributed by atoms with Gasteiger partial charge in [0.25, 0.3) is 11.5 Å². The standard InChI is InChI=1S/C17H24ClN5O3S/c1-5-6-7-22(15(25)12-10(4)20-16(18)27-12)11-13(19)23(8-9(2)3)17(26)21-14(11)24/h9H,5-8,19H2,1-4H3,(H,21,24,26). The highest BCUT2D eigenvalue weighted by atomic mass is 35.5. The number of aromatic amines is 1. The minimum atomic E-state index is -0.685. The molecule has 2 aromatic rings. The fraction of sp³-hybridized carbons (Fsp3) is 0.529. The molecule has 0 aliphatic carbocycles. The smallest absolute Gasteiger partial charge is 0.330 e. The van der Waals surface area contributed by atoms with Crippen LogP contribution in [-0.2, 0) is 6.54 Å². The van der Waals surface area contributed by atoms with Crippen molar-refractivity contribution in [3.63, 3.8) is 0 Å². The van der Waals surface area contributed by atoms with Gasteiger partial charge in [0.15, 0.2) is 10.2 Å². The summed E-state index contributed by atoms with van der Waals surface area (Å²) >= 11 is 6.98. The molecule has 0 fully saturated rings. The lowest BCUT2D eigenvalue weighted by molar-refractivity contribution is 0.0989. The summed E-state index contributed by atoms with van der Waals surface area (Å²) < 4.78 is 1.54. The van der Waals surface area contributed by atoms with E-state index in [4.69, 9.17) is 17.3 Å². The van der Waals surface area contributed by atoms with E-state index < -0.39 is 17.2 Å². The summed E-state index contributed by atoms with van der Waals surface area (Å²) in [6.45, 7) is 8.14. The summed E-state index contributed by atoms with van der Waals surface area (Å²) in [7, 11) is 0. The lowest BCUT2D eigenvalue weighted by Gasteiger charge is -2.24. The minimum absolute atomic E-state index is 0.0161. The number of halogens is 1. The highest BCUT2D eigenvalue weighted by Gasteiger charge is 2.27. The van der Waals surface area contributed by atoms with E-state index in [1.54, 1.807) is 6.92 Å². The number of amides is 1. The Balaban J connectivity index is 2.63. The first-order valence-electron chi connectivity index (χ1n) is 8.74. The molecule has 27 heavy (non-hydrogen) atoms. The Hall–Kier alpha value is -2.13. The van der Waals surface area contributed by atoms with Crippen molar-refractivity contribution in [2.75, 3.05) is 17.2 Å². The van der Waals surface area contributed by atoms with Crippen molar-refractivity contribution in [1.29, 1.82) is 0 Å². The normalized spacial score (nSPS) is 11.2. The molecule has 3 N–H and O–H groups in total. The third kappa shape index (κ3) is 4.59. The topological polar surface area (TPSA) is 114 Å². The average molecular weight is 414 g/mol. The number of nitrogens with one attached hydrogen (secondary N) is 1. The molecule has 2 heterocycles. The second-order valence-corrected chi connectivity index (χ2v) is 8.27. The molecule has 0 aliphatic heterocycles. The highest BCUT2D eigenvalue weighted by molar-refractivity contribution is 7.17. The number of hydrogen-bond acceptors (Lipinski definition) is 6. The molecule has 10 heteroatoms. The van der Waals surface area contributed by atoms with Crippen LogP contribution in [0.5, 0.6) is 0 Å². The van der Waals surface area contributed by atoms with Crippen LogP contribution in [0, 0.1) is 12.8 Å². The lowest BCUT2D eigenvalue weighted by Crippen LogP contribution is -2.42. The molecule has 0 aliphatic rings. The Morgan fingerprint density at radius 3 is 2.59 bits per heavy atom. The van der Waals surface area contributed by atoms with E-state index in [0.717, 1.165) is 17.8 Å². The zero-order valence-electron chi connectivity index (χ0n) is 15.8. The van der Waals surface area contributed by atoms with Crippen LogP contribution >= 0.6 is 22.9 Å². The SMILES string of the molecule is CCCCN(C(=O)c1sc(Cl)nc1C)c1c(N)n(CC(C)C)c(=O)[nH]c1=O. The van der Waals surface area contributed by atoms with E-state index in [0.29, 0.717) is 23.5 Å². The minimum Gasteiger partial charge on any atom is -0.383 e. The van der Waals surface area contributed by atoms with Gasteiger partial charge in [-0.2, -0.15) is 0 Å². The van der Waals surface area contributed by atoms with Gasteiger partial charge in [-0.1, -0.05) is 50.1 Å². The molecule has 2 aromatic heterocycles. The molecular weight excluding hydrogens is 390 g/mol. The maximum Gasteiger partial charge on any atom is 0.330 e. The number of carbonyl (C=O) groups is 1. The van der Waals surface area contributed by atoms with Gasteiger partial charge in [-0.15, -0.1) is 0 Å². The largest absolute Gasteiger partial charge is 0.383 e. The van der Waals surface area contributed by atoms with E-state index in [9.17, 15) is 14.4 Å².